The number of aromatic carboxylic acids is 1. The molecule has 0 aliphatic rings. The summed E-state index contributed by atoms with van der Waals surface area (Å²) >= 11 is 0. The Kier molecular flexibility index (Phi) is 15.4. The number of phenols is 1. The molecule has 0 saturated heterocycles. The fourth-order valence-electron chi connectivity index (χ4n) is 2.75. The lowest BCUT2D eigenvalue weighted by Gasteiger charge is -2.15. The van der Waals surface area contributed by atoms with Crippen molar-refractivity contribution in [3.63, 3.8) is 0 Å². The fraction of sp³-hybridized carbons (Fsp3) is 0.440. The zero-order valence-electron chi connectivity index (χ0n) is 21.0. The van der Waals surface area contributed by atoms with Crippen molar-refractivity contribution in [2.45, 2.75) is 68.6 Å². The van der Waals surface area contributed by atoms with Gasteiger partial charge >= 0.3 is 11.9 Å². The van der Waals surface area contributed by atoms with Crippen LogP contribution in [-0.2, 0) is 0 Å². The number of carboxylic acids is 1. The molecule has 0 aliphatic carbocycles. The number of rotatable bonds is 4. The van der Waals surface area contributed by atoms with E-state index in [0.29, 0.717) is 22.4 Å². The minimum absolute atomic E-state index is 0.104. The molecule has 7 heteroatoms. The Labute approximate surface area is 194 Å². The number of hydrogen-bond donors (Lipinski definition) is 2. The van der Waals surface area contributed by atoms with Crippen LogP contribution >= 0.6 is 0 Å². The number of esters is 1. The van der Waals surface area contributed by atoms with Crippen LogP contribution in [0.5, 0.6) is 17.2 Å². The van der Waals surface area contributed by atoms with Gasteiger partial charge in [0.1, 0.15) is 28.4 Å². The molecule has 0 aromatic heterocycles. The van der Waals surface area contributed by atoms with Gasteiger partial charge in [0.05, 0.1) is 15.0 Å². The molecule has 0 aliphatic heterocycles. The molecule has 6 nitrogen and oxygen atoms in total. The average Bonchev–Trinajstić information content (AvgIpc) is 2.74. The maximum atomic E-state index is 12.6. The number of carbonyl (C=O) groups excluding carboxylic acids is 1. The van der Waals surface area contributed by atoms with Crippen LogP contribution in [0.15, 0.2) is 18.2 Å². The Morgan fingerprint density at radius 2 is 1.41 bits per heavy atom. The highest BCUT2D eigenvalue weighted by molar-refractivity contribution is 6.05. The molecule has 0 fully saturated rings. The molecule has 0 unspecified atom stereocenters. The van der Waals surface area contributed by atoms with Gasteiger partial charge in [0, 0.05) is 6.07 Å². The maximum absolute atomic E-state index is 12.6. The zero-order valence-corrected chi connectivity index (χ0v) is 21.0. The van der Waals surface area contributed by atoms with Gasteiger partial charge in [-0.2, -0.15) is 0 Å². The fourth-order valence-corrected chi connectivity index (χ4v) is 2.75. The van der Waals surface area contributed by atoms with E-state index in [2.05, 4.69) is 21.7 Å². The van der Waals surface area contributed by atoms with Crippen LogP contribution in [0.3, 0.4) is 0 Å². The van der Waals surface area contributed by atoms with Gasteiger partial charge in [-0.1, -0.05) is 47.0 Å². The highest BCUT2D eigenvalue weighted by atomic mass is 16.5. The molecule has 2 N–H and O–H groups in total. The molecular formula is C25H37BO6. The number of aryl methyl sites for hydroxylation is 2. The number of aromatic hydroxyl groups is 1. The van der Waals surface area contributed by atoms with Crippen LogP contribution in [0.1, 0.15) is 77.1 Å². The summed E-state index contributed by atoms with van der Waals surface area (Å²) in [5.41, 5.74) is 2.52. The monoisotopic (exact) mass is 444 g/mol. The van der Waals surface area contributed by atoms with E-state index in [-0.39, 0.29) is 16.9 Å². The van der Waals surface area contributed by atoms with Crippen molar-refractivity contribution >= 4 is 19.8 Å². The SMILES string of the molecule is CC.CCC.COc1cc(C)cc(C)c1C(=O)Oc1cc(O)c(C(=O)O)c(C)c1C.[B]C. The highest BCUT2D eigenvalue weighted by Gasteiger charge is 2.23. The quantitative estimate of drug-likeness (QED) is 0.332. The molecule has 0 saturated carbocycles. The van der Waals surface area contributed by atoms with Crippen molar-refractivity contribution in [1.82, 2.24) is 0 Å². The smallest absolute Gasteiger partial charge is 0.347 e. The van der Waals surface area contributed by atoms with Gasteiger partial charge in [-0.25, -0.2) is 9.59 Å². The molecule has 0 spiro atoms. The Morgan fingerprint density at radius 1 is 0.906 bits per heavy atom. The van der Waals surface area contributed by atoms with Crippen molar-refractivity contribution in [2.24, 2.45) is 0 Å². The second-order valence-electron chi connectivity index (χ2n) is 6.58. The number of ether oxygens (including phenoxy) is 2. The van der Waals surface area contributed by atoms with Gasteiger partial charge in [0.15, 0.2) is 0 Å². The third-order valence-corrected chi connectivity index (χ3v) is 4.12. The molecule has 2 aromatic rings. The van der Waals surface area contributed by atoms with Gasteiger partial charge in [-0.05, 0) is 56.0 Å². The number of carboxylic acid groups (broad SMARTS) is 1. The molecule has 2 radical (unpaired) electrons. The Morgan fingerprint density at radius 3 is 1.84 bits per heavy atom. The zero-order chi connectivity index (χ0) is 25.6. The van der Waals surface area contributed by atoms with Crippen molar-refractivity contribution in [1.29, 1.82) is 0 Å². The first-order chi connectivity index (χ1) is 15.1. The lowest BCUT2D eigenvalue weighted by Crippen LogP contribution is -2.14. The maximum Gasteiger partial charge on any atom is 0.347 e. The summed E-state index contributed by atoms with van der Waals surface area (Å²) < 4.78 is 10.7. The first-order valence-corrected chi connectivity index (χ1v) is 10.6. The number of carbonyl (C=O) groups is 2. The van der Waals surface area contributed by atoms with E-state index in [1.807, 2.05) is 26.8 Å². The van der Waals surface area contributed by atoms with Crippen LogP contribution in [0.2, 0.25) is 6.82 Å². The van der Waals surface area contributed by atoms with Crippen molar-refractivity contribution in [2.75, 3.05) is 7.11 Å². The summed E-state index contributed by atoms with van der Waals surface area (Å²) in [6, 6.07) is 4.70. The minimum Gasteiger partial charge on any atom is -0.507 e. The summed E-state index contributed by atoms with van der Waals surface area (Å²) in [5.74, 6) is -1.84. The summed E-state index contributed by atoms with van der Waals surface area (Å²) in [7, 11) is 5.97. The van der Waals surface area contributed by atoms with Gasteiger partial charge < -0.3 is 19.7 Å². The summed E-state index contributed by atoms with van der Waals surface area (Å²) in [6.07, 6.45) is 1.25. The van der Waals surface area contributed by atoms with Gasteiger partial charge in [-0.15, -0.1) is 0 Å². The summed E-state index contributed by atoms with van der Waals surface area (Å²) in [4.78, 5) is 23.8. The lowest BCUT2D eigenvalue weighted by molar-refractivity contribution is 0.0692. The summed E-state index contributed by atoms with van der Waals surface area (Å²) in [6.45, 7) is 16.6. The molecular weight excluding hydrogens is 407 g/mol. The number of methoxy groups -OCH3 is 1. The molecule has 2 rings (SSSR count). The number of benzene rings is 2. The van der Waals surface area contributed by atoms with E-state index in [0.717, 1.165) is 11.6 Å². The molecule has 0 amide bonds. The Hall–Kier alpha value is -2.96. The third kappa shape index (κ3) is 8.29. The van der Waals surface area contributed by atoms with E-state index < -0.39 is 17.7 Å². The largest absolute Gasteiger partial charge is 0.507 e. The van der Waals surface area contributed by atoms with Crippen LogP contribution in [0, 0.1) is 27.7 Å². The van der Waals surface area contributed by atoms with Crippen LogP contribution in [0.4, 0.5) is 0 Å². The second-order valence-corrected chi connectivity index (χ2v) is 6.58. The lowest BCUT2D eigenvalue weighted by atomic mass is 10.0. The molecule has 32 heavy (non-hydrogen) atoms. The normalized spacial score (nSPS) is 9.06. The van der Waals surface area contributed by atoms with Crippen molar-refractivity contribution in [3.8, 4) is 17.2 Å². The third-order valence-electron chi connectivity index (χ3n) is 4.12. The Bertz CT molecular complexity index is 891. The predicted molar refractivity (Wildman–Crippen MR) is 131 cm³/mol. The van der Waals surface area contributed by atoms with Gasteiger partial charge in [0.25, 0.3) is 0 Å². The van der Waals surface area contributed by atoms with E-state index in [1.54, 1.807) is 26.8 Å². The van der Waals surface area contributed by atoms with Crippen LogP contribution < -0.4 is 9.47 Å². The van der Waals surface area contributed by atoms with Gasteiger partial charge in [0.2, 0.25) is 0 Å². The topological polar surface area (TPSA) is 93.1 Å². The Balaban J connectivity index is 0. The predicted octanol–water partition coefficient (Wildman–Crippen LogP) is 6.20. The highest BCUT2D eigenvalue weighted by Crippen LogP contribution is 2.33. The van der Waals surface area contributed by atoms with Crippen molar-refractivity contribution < 1.29 is 29.3 Å². The van der Waals surface area contributed by atoms with Crippen LogP contribution in [0.25, 0.3) is 0 Å². The molecule has 2 aromatic carbocycles. The van der Waals surface area contributed by atoms with Crippen molar-refractivity contribution in [3.05, 3.63) is 51.6 Å². The molecule has 0 atom stereocenters. The van der Waals surface area contributed by atoms with E-state index in [9.17, 15) is 14.7 Å². The number of hydrogen-bond acceptors (Lipinski definition) is 5. The second kappa shape index (κ2) is 15.8. The average molecular weight is 444 g/mol. The minimum atomic E-state index is -1.24. The molecule has 176 valence electrons. The molecule has 0 heterocycles. The van der Waals surface area contributed by atoms with Crippen LogP contribution in [-0.4, -0.2) is 37.1 Å². The van der Waals surface area contributed by atoms with E-state index in [1.165, 1.54) is 20.4 Å². The first kappa shape index (κ1) is 31.2. The van der Waals surface area contributed by atoms with E-state index in [4.69, 9.17) is 14.6 Å². The summed E-state index contributed by atoms with van der Waals surface area (Å²) in [5, 5.41) is 19.1. The molecule has 0 bridgehead atoms. The standard InChI is InChI=1S/C19H20O6.C3H8.C2H6.CH3B/c1-9-6-10(2)16(15(7-9)24-5)19(23)25-14-8-13(20)17(18(21)22)12(4)11(14)3;1-3-2;2*1-2/h6-8,20H,1-5H3,(H,21,22);3H2,1-2H3;1-2H3;1H3. The first-order valence-electron chi connectivity index (χ1n) is 10.6. The van der Waals surface area contributed by atoms with Gasteiger partial charge in [-0.3, -0.25) is 0 Å². The van der Waals surface area contributed by atoms with E-state index >= 15 is 0 Å².